The van der Waals surface area contributed by atoms with Gasteiger partial charge in [0.15, 0.2) is 6.19 Å². The standard InChI is InChI=1S/C19H20Cl2N4O/c20-10-3-11(21)5-13(4-10)24-8-15(14-7-18(14)24)19(26)23-16-6-12-1-2-17(16)25(12)9-22/h3-5,12,14-18H,1-2,6-8H2,(H,23,26)/t12-,14-,15-,16+,17+,18-/m0/s1. The molecular formula is C19H20Cl2N4O. The first-order valence-electron chi connectivity index (χ1n) is 9.26. The Hall–Kier alpha value is -1.64. The monoisotopic (exact) mass is 390 g/mol. The second-order valence-corrected chi connectivity index (χ2v) is 8.88. The number of anilines is 1. The number of hydrogen-bond acceptors (Lipinski definition) is 4. The molecule has 7 heteroatoms. The van der Waals surface area contributed by atoms with Gasteiger partial charge in [-0.15, -0.1) is 0 Å². The molecule has 3 saturated heterocycles. The fraction of sp³-hybridized carbons (Fsp3) is 0.579. The predicted octanol–water partition coefficient (Wildman–Crippen LogP) is 3.02. The Morgan fingerprint density at radius 3 is 2.62 bits per heavy atom. The van der Waals surface area contributed by atoms with Gasteiger partial charge in [-0.25, -0.2) is 0 Å². The zero-order valence-electron chi connectivity index (χ0n) is 14.2. The number of nitrogens with zero attached hydrogens (tertiary/aromatic N) is 3. The summed E-state index contributed by atoms with van der Waals surface area (Å²) in [5.41, 5.74) is 1.00. The van der Waals surface area contributed by atoms with Crippen LogP contribution in [0.25, 0.3) is 0 Å². The van der Waals surface area contributed by atoms with Gasteiger partial charge in [-0.05, 0) is 49.8 Å². The van der Waals surface area contributed by atoms with E-state index < -0.39 is 0 Å². The van der Waals surface area contributed by atoms with E-state index in [9.17, 15) is 10.1 Å². The Labute approximate surface area is 162 Å². The number of fused-ring (bicyclic) bond motifs is 3. The quantitative estimate of drug-likeness (QED) is 0.805. The first-order valence-corrected chi connectivity index (χ1v) is 10.0. The third kappa shape index (κ3) is 2.54. The van der Waals surface area contributed by atoms with Crippen LogP contribution < -0.4 is 10.2 Å². The molecular weight excluding hydrogens is 371 g/mol. The van der Waals surface area contributed by atoms with Crippen LogP contribution in [-0.4, -0.2) is 41.5 Å². The summed E-state index contributed by atoms with van der Waals surface area (Å²) in [6.07, 6.45) is 6.33. The highest BCUT2D eigenvalue weighted by Gasteiger charge is 2.56. The highest BCUT2D eigenvalue weighted by Crippen LogP contribution is 2.50. The lowest BCUT2D eigenvalue weighted by atomic mass is 9.94. The minimum absolute atomic E-state index is 0.00687. The zero-order chi connectivity index (χ0) is 18.0. The molecule has 5 nitrogen and oxygen atoms in total. The normalized spacial score (nSPS) is 36.8. The smallest absolute Gasteiger partial charge is 0.225 e. The van der Waals surface area contributed by atoms with E-state index in [4.69, 9.17) is 23.2 Å². The summed E-state index contributed by atoms with van der Waals surface area (Å²) in [4.78, 5) is 17.1. The molecule has 1 aromatic carbocycles. The van der Waals surface area contributed by atoms with Crippen molar-refractivity contribution >= 4 is 34.8 Å². The van der Waals surface area contributed by atoms with Crippen molar-refractivity contribution in [1.29, 1.82) is 5.26 Å². The van der Waals surface area contributed by atoms with Gasteiger partial charge in [0.1, 0.15) is 0 Å². The summed E-state index contributed by atoms with van der Waals surface area (Å²) in [6.45, 7) is 0.709. The van der Waals surface area contributed by atoms with Crippen molar-refractivity contribution in [2.24, 2.45) is 11.8 Å². The fourth-order valence-electron chi connectivity index (χ4n) is 5.34. The average Bonchev–Trinajstić information content (AvgIpc) is 2.99. The second-order valence-electron chi connectivity index (χ2n) is 8.01. The third-order valence-corrected chi connectivity index (χ3v) is 7.05. The third-order valence-electron chi connectivity index (χ3n) is 6.61. The number of nitrogens with one attached hydrogen (secondary N) is 1. The molecule has 1 amide bonds. The topological polar surface area (TPSA) is 59.4 Å². The highest BCUT2D eigenvalue weighted by atomic mass is 35.5. The fourth-order valence-corrected chi connectivity index (χ4v) is 5.86. The molecule has 3 heterocycles. The minimum atomic E-state index is 0.00687. The number of hydrogen-bond donors (Lipinski definition) is 1. The number of nitriles is 1. The largest absolute Gasteiger partial charge is 0.367 e. The Kier molecular flexibility index (Phi) is 3.77. The lowest BCUT2D eigenvalue weighted by Crippen LogP contribution is -2.46. The van der Waals surface area contributed by atoms with E-state index in [2.05, 4.69) is 16.4 Å². The Morgan fingerprint density at radius 2 is 1.92 bits per heavy atom. The van der Waals surface area contributed by atoms with Crippen molar-refractivity contribution in [2.45, 2.75) is 49.9 Å². The van der Waals surface area contributed by atoms with Crippen molar-refractivity contribution in [3.63, 3.8) is 0 Å². The van der Waals surface area contributed by atoms with E-state index in [0.717, 1.165) is 31.4 Å². The van der Waals surface area contributed by atoms with Gasteiger partial charge in [0, 0.05) is 34.4 Å². The number of benzene rings is 1. The van der Waals surface area contributed by atoms with E-state index in [-0.39, 0.29) is 23.9 Å². The molecule has 4 aliphatic rings. The first-order chi connectivity index (χ1) is 12.5. The number of piperidine rings is 1. The van der Waals surface area contributed by atoms with Gasteiger partial charge in [0.05, 0.1) is 18.0 Å². The maximum absolute atomic E-state index is 12.9. The van der Waals surface area contributed by atoms with E-state index in [1.807, 2.05) is 17.0 Å². The Balaban J connectivity index is 1.27. The number of halogens is 2. The van der Waals surface area contributed by atoms with Crippen LogP contribution in [0.4, 0.5) is 5.69 Å². The predicted molar refractivity (Wildman–Crippen MR) is 100 cm³/mol. The highest BCUT2D eigenvalue weighted by molar-refractivity contribution is 6.35. The minimum Gasteiger partial charge on any atom is -0.367 e. The van der Waals surface area contributed by atoms with Crippen LogP contribution in [0.15, 0.2) is 18.2 Å². The lowest BCUT2D eigenvalue weighted by Gasteiger charge is -2.26. The van der Waals surface area contributed by atoms with Gasteiger partial charge >= 0.3 is 0 Å². The number of carbonyl (C=O) groups is 1. The Bertz CT molecular complexity index is 789. The number of carbonyl (C=O) groups excluding carboxylic acids is 1. The molecule has 1 aliphatic carbocycles. The summed E-state index contributed by atoms with van der Waals surface area (Å²) in [5.74, 6) is 0.564. The van der Waals surface area contributed by atoms with Crippen LogP contribution in [0.3, 0.4) is 0 Å². The molecule has 1 aromatic rings. The molecule has 0 spiro atoms. The summed E-state index contributed by atoms with van der Waals surface area (Å²) < 4.78 is 0. The van der Waals surface area contributed by atoms with Gasteiger partial charge in [-0.2, -0.15) is 5.26 Å². The van der Waals surface area contributed by atoms with Gasteiger partial charge < -0.3 is 15.1 Å². The van der Waals surface area contributed by atoms with Gasteiger partial charge in [0.25, 0.3) is 0 Å². The molecule has 6 atom stereocenters. The van der Waals surface area contributed by atoms with E-state index in [1.165, 1.54) is 0 Å². The molecule has 0 radical (unpaired) electrons. The molecule has 5 rings (SSSR count). The molecule has 0 unspecified atom stereocenters. The van der Waals surface area contributed by atoms with E-state index >= 15 is 0 Å². The van der Waals surface area contributed by atoms with Crippen LogP contribution in [-0.2, 0) is 4.79 Å². The van der Waals surface area contributed by atoms with Crippen molar-refractivity contribution in [2.75, 3.05) is 11.4 Å². The van der Waals surface area contributed by atoms with Crippen LogP contribution in [0.1, 0.15) is 25.7 Å². The molecule has 2 bridgehead atoms. The molecule has 3 aliphatic heterocycles. The number of rotatable bonds is 3. The summed E-state index contributed by atoms with van der Waals surface area (Å²) in [5, 5.41) is 13.8. The van der Waals surface area contributed by atoms with Crippen molar-refractivity contribution in [3.05, 3.63) is 28.2 Å². The van der Waals surface area contributed by atoms with Crippen molar-refractivity contribution in [1.82, 2.24) is 10.2 Å². The van der Waals surface area contributed by atoms with E-state index in [1.54, 1.807) is 6.07 Å². The van der Waals surface area contributed by atoms with Gasteiger partial charge in [-0.1, -0.05) is 23.2 Å². The molecule has 1 N–H and O–H groups in total. The molecule has 26 heavy (non-hydrogen) atoms. The summed E-state index contributed by atoms with van der Waals surface area (Å²) >= 11 is 12.3. The van der Waals surface area contributed by atoms with Crippen molar-refractivity contribution in [3.8, 4) is 6.19 Å². The van der Waals surface area contributed by atoms with Crippen LogP contribution in [0.5, 0.6) is 0 Å². The van der Waals surface area contributed by atoms with E-state index in [0.29, 0.717) is 34.6 Å². The number of amides is 1. The lowest BCUT2D eigenvalue weighted by molar-refractivity contribution is -0.125. The first kappa shape index (κ1) is 16.5. The van der Waals surface area contributed by atoms with Crippen LogP contribution in [0.2, 0.25) is 10.0 Å². The summed E-state index contributed by atoms with van der Waals surface area (Å²) in [7, 11) is 0. The maximum atomic E-state index is 12.9. The second kappa shape index (κ2) is 5.94. The van der Waals surface area contributed by atoms with Gasteiger partial charge in [0.2, 0.25) is 5.91 Å². The molecule has 0 aromatic heterocycles. The van der Waals surface area contributed by atoms with Gasteiger partial charge in [-0.3, -0.25) is 4.79 Å². The Morgan fingerprint density at radius 1 is 1.15 bits per heavy atom. The molecule has 4 fully saturated rings. The van der Waals surface area contributed by atoms with Crippen LogP contribution >= 0.6 is 23.2 Å². The van der Waals surface area contributed by atoms with Crippen LogP contribution in [0, 0.1) is 23.3 Å². The maximum Gasteiger partial charge on any atom is 0.225 e. The molecule has 1 saturated carbocycles. The summed E-state index contributed by atoms with van der Waals surface area (Å²) in [6, 6.07) is 6.61. The molecule has 136 valence electrons. The zero-order valence-corrected chi connectivity index (χ0v) is 15.7. The SMILES string of the molecule is N#CN1[C@H]2CC[C@@H]1[C@H](NC(=O)[C@H]1CN(c3cc(Cl)cc(Cl)c3)[C@H]3C[C@@H]13)C2. The average molecular weight is 391 g/mol. The van der Waals surface area contributed by atoms with Crippen molar-refractivity contribution < 1.29 is 4.79 Å².